The van der Waals surface area contributed by atoms with Gasteiger partial charge in [-0.2, -0.15) is 13.6 Å². The zero-order valence-electron chi connectivity index (χ0n) is 17.5. The quantitative estimate of drug-likeness (QED) is 0.573. The molecule has 0 radical (unpaired) electrons. The first-order valence-corrected chi connectivity index (χ1v) is 11.8. The molecule has 1 aromatic carbocycles. The molecule has 2 saturated carbocycles. The van der Waals surface area contributed by atoms with E-state index < -0.39 is 10.3 Å². The van der Waals surface area contributed by atoms with Gasteiger partial charge in [-0.25, -0.2) is 4.79 Å². The van der Waals surface area contributed by atoms with Crippen molar-refractivity contribution in [1.29, 1.82) is 0 Å². The van der Waals surface area contributed by atoms with Gasteiger partial charge in [-0.3, -0.25) is 0 Å². The second kappa shape index (κ2) is 7.53. The highest BCUT2D eigenvalue weighted by atomic mass is 32.2. The van der Waals surface area contributed by atoms with E-state index >= 15 is 0 Å². The summed E-state index contributed by atoms with van der Waals surface area (Å²) in [5.74, 6) is 1.47. The molecule has 1 aromatic rings. The van der Waals surface area contributed by atoms with E-state index in [9.17, 15) is 13.2 Å². The fraction of sp³-hybridized carbons (Fsp3) is 0.619. The second-order valence-electron chi connectivity index (χ2n) is 8.81. The molecule has 30 heavy (non-hydrogen) atoms. The summed E-state index contributed by atoms with van der Waals surface area (Å²) in [6.07, 6.45) is 5.70. The molecular weight excluding hydrogens is 408 g/mol. The van der Waals surface area contributed by atoms with Crippen LogP contribution in [0.5, 0.6) is 11.5 Å². The minimum absolute atomic E-state index is 0.0467. The molecule has 0 aliphatic heterocycles. The molecule has 4 rings (SSSR count). The maximum atomic E-state index is 11.4. The number of rotatable bonds is 4. The average molecular weight is 437 g/mol. The predicted octanol–water partition coefficient (Wildman–Crippen LogP) is 3.05. The largest absolute Gasteiger partial charge is 0.493 e. The molecule has 4 atom stereocenters. The Morgan fingerprint density at radius 2 is 1.97 bits per heavy atom. The van der Waals surface area contributed by atoms with Gasteiger partial charge in [0, 0.05) is 12.3 Å². The molecule has 3 aliphatic rings. The third kappa shape index (κ3) is 3.69. The van der Waals surface area contributed by atoms with Crippen LogP contribution in [0, 0.1) is 17.3 Å². The minimum atomic E-state index is -4.13. The van der Waals surface area contributed by atoms with Crippen LogP contribution < -0.4 is 14.1 Å². The molecule has 9 heteroatoms. The van der Waals surface area contributed by atoms with Gasteiger partial charge in [0.05, 0.1) is 12.8 Å². The summed E-state index contributed by atoms with van der Waals surface area (Å²) < 4.78 is 33.2. The Labute approximate surface area is 177 Å². The topological polar surface area (TPSA) is 117 Å². The van der Waals surface area contributed by atoms with Gasteiger partial charge in [0.2, 0.25) is 0 Å². The lowest BCUT2D eigenvalue weighted by Crippen LogP contribution is -2.42. The molecule has 0 spiro atoms. The van der Waals surface area contributed by atoms with Crippen molar-refractivity contribution in [1.82, 2.24) is 0 Å². The maximum Gasteiger partial charge on any atom is 0.380 e. The third-order valence-electron chi connectivity index (χ3n) is 7.24. The Balaban J connectivity index is 1.65. The molecule has 2 N–H and O–H groups in total. The number of aryl methyl sites for hydroxylation is 1. The van der Waals surface area contributed by atoms with Crippen LogP contribution in [0.25, 0.3) is 0 Å². The minimum Gasteiger partial charge on any atom is -0.493 e. The summed E-state index contributed by atoms with van der Waals surface area (Å²) in [4.78, 5) is 16.2. The van der Waals surface area contributed by atoms with Crippen molar-refractivity contribution < 1.29 is 27.0 Å². The van der Waals surface area contributed by atoms with Crippen LogP contribution in [-0.2, 0) is 26.4 Å². The van der Waals surface area contributed by atoms with Crippen LogP contribution in [0.4, 0.5) is 0 Å². The molecule has 0 aromatic heterocycles. The maximum absolute atomic E-state index is 11.4. The molecule has 3 aliphatic carbocycles. The van der Waals surface area contributed by atoms with Gasteiger partial charge in [-0.05, 0) is 79.5 Å². The summed E-state index contributed by atoms with van der Waals surface area (Å²) in [6, 6.07) is 3.67. The van der Waals surface area contributed by atoms with Crippen molar-refractivity contribution in [2.45, 2.75) is 58.3 Å². The van der Waals surface area contributed by atoms with E-state index in [0.717, 1.165) is 49.8 Å². The summed E-state index contributed by atoms with van der Waals surface area (Å²) in [7, 11) is -2.64. The molecule has 0 bridgehead atoms. The van der Waals surface area contributed by atoms with E-state index in [0.29, 0.717) is 23.5 Å². The summed E-state index contributed by atoms with van der Waals surface area (Å²) in [5, 5.41) is 9.25. The van der Waals surface area contributed by atoms with Gasteiger partial charge in [0.1, 0.15) is 0 Å². The van der Waals surface area contributed by atoms with Crippen LogP contribution in [-0.4, -0.2) is 27.2 Å². The van der Waals surface area contributed by atoms with Crippen molar-refractivity contribution in [2.75, 3.05) is 7.11 Å². The smallest absolute Gasteiger partial charge is 0.380 e. The Morgan fingerprint density at radius 3 is 2.63 bits per heavy atom. The summed E-state index contributed by atoms with van der Waals surface area (Å²) in [6.45, 7) is 3.62. The summed E-state index contributed by atoms with van der Waals surface area (Å²) in [5.41, 5.74) is 3.25. The predicted molar refractivity (Wildman–Crippen MR) is 111 cm³/mol. The van der Waals surface area contributed by atoms with Gasteiger partial charge >= 0.3 is 16.3 Å². The van der Waals surface area contributed by atoms with Crippen molar-refractivity contribution >= 4 is 22.0 Å². The van der Waals surface area contributed by atoms with Gasteiger partial charge in [0.15, 0.2) is 11.5 Å². The Kier molecular flexibility index (Phi) is 5.30. The van der Waals surface area contributed by atoms with Crippen LogP contribution in [0.3, 0.4) is 0 Å². The van der Waals surface area contributed by atoms with Crippen molar-refractivity contribution in [3.63, 3.8) is 0 Å². The zero-order chi connectivity index (χ0) is 21.7. The number of hydrogen-bond acceptors (Lipinski definition) is 7. The first-order chi connectivity index (χ1) is 14.1. The molecule has 3 unspecified atom stereocenters. The zero-order valence-corrected chi connectivity index (χ0v) is 18.3. The standard InChI is InChI=1S/C21H28N2O6S/c1-12(24)28-23-20-7-6-17-15-5-4-13-10-19(29-30(22,25)26)18(27-3)11-16(13)14(15)8-9-21(17,20)2/h10-11,14-15,17H,4-9H2,1-3H3,(H2,22,25,26)/b23-20+/t14?,15?,17?,21-/m0/s1. The summed E-state index contributed by atoms with van der Waals surface area (Å²) >= 11 is 0. The van der Waals surface area contributed by atoms with Gasteiger partial charge < -0.3 is 13.8 Å². The Hall–Kier alpha value is -2.13. The highest BCUT2D eigenvalue weighted by Crippen LogP contribution is 2.60. The van der Waals surface area contributed by atoms with E-state index in [1.54, 1.807) is 6.07 Å². The first kappa shape index (κ1) is 21.1. The van der Waals surface area contributed by atoms with E-state index in [-0.39, 0.29) is 17.1 Å². The number of carbonyl (C=O) groups is 1. The SMILES string of the molecule is COc1cc2c(cc1OS(N)(=O)=O)CCC1C2CC[C@]2(C)/C(=N/OC(C)=O)CCC12. The number of oxime groups is 1. The normalized spacial score (nSPS) is 31.5. The lowest BCUT2D eigenvalue weighted by Gasteiger charge is -2.49. The molecule has 0 amide bonds. The number of carbonyl (C=O) groups excluding carboxylic acids is 1. The van der Waals surface area contributed by atoms with Crippen molar-refractivity contribution in [2.24, 2.45) is 27.5 Å². The van der Waals surface area contributed by atoms with Crippen LogP contribution in [0.2, 0.25) is 0 Å². The third-order valence-corrected chi connectivity index (χ3v) is 7.65. The number of fused-ring (bicyclic) bond motifs is 5. The van der Waals surface area contributed by atoms with Crippen LogP contribution in [0.15, 0.2) is 17.3 Å². The molecule has 0 heterocycles. The first-order valence-electron chi connectivity index (χ1n) is 10.3. The monoisotopic (exact) mass is 436 g/mol. The molecular formula is C21H28N2O6S. The van der Waals surface area contributed by atoms with E-state index in [1.165, 1.54) is 19.6 Å². The van der Waals surface area contributed by atoms with Crippen LogP contribution in [0.1, 0.15) is 63.0 Å². The molecule has 2 fully saturated rings. The fourth-order valence-corrected chi connectivity index (χ4v) is 6.37. The Morgan fingerprint density at radius 1 is 1.20 bits per heavy atom. The van der Waals surface area contributed by atoms with Gasteiger partial charge in [0.25, 0.3) is 0 Å². The van der Waals surface area contributed by atoms with E-state index in [1.807, 2.05) is 6.07 Å². The highest BCUT2D eigenvalue weighted by Gasteiger charge is 2.54. The molecule has 8 nitrogen and oxygen atoms in total. The number of ether oxygens (including phenoxy) is 1. The average Bonchev–Trinajstić information content (AvgIpc) is 3.00. The highest BCUT2D eigenvalue weighted by molar-refractivity contribution is 7.84. The number of methoxy groups -OCH3 is 1. The van der Waals surface area contributed by atoms with Crippen molar-refractivity contribution in [3.8, 4) is 11.5 Å². The number of nitrogens with zero attached hydrogens (tertiary/aromatic N) is 1. The second-order valence-corrected chi connectivity index (χ2v) is 9.96. The van der Waals surface area contributed by atoms with Gasteiger partial charge in [-0.1, -0.05) is 12.1 Å². The lowest BCUT2D eigenvalue weighted by atomic mass is 9.55. The fourth-order valence-electron chi connectivity index (χ4n) is 5.99. The number of hydrogen-bond donors (Lipinski definition) is 1. The molecule has 0 saturated heterocycles. The van der Waals surface area contributed by atoms with Gasteiger partial charge in [-0.15, -0.1) is 0 Å². The van der Waals surface area contributed by atoms with Crippen molar-refractivity contribution in [3.05, 3.63) is 23.3 Å². The van der Waals surface area contributed by atoms with E-state index in [4.69, 9.17) is 18.9 Å². The lowest BCUT2D eigenvalue weighted by molar-refractivity contribution is -0.141. The van der Waals surface area contributed by atoms with Crippen LogP contribution >= 0.6 is 0 Å². The molecule has 164 valence electrons. The van der Waals surface area contributed by atoms with E-state index in [2.05, 4.69) is 12.1 Å². The number of nitrogens with two attached hydrogens (primary N) is 1. The number of benzene rings is 1. The Bertz CT molecular complexity index is 1000.